The molecule has 1 unspecified atom stereocenters. The maximum atomic E-state index is 13.9. The average Bonchev–Trinajstić information content (AvgIpc) is 3.47. The number of likely N-dealkylation sites (tertiary alicyclic amines) is 1. The Balaban J connectivity index is 1.17. The van der Waals surface area contributed by atoms with Gasteiger partial charge in [-0.1, -0.05) is 72.7 Å². The van der Waals surface area contributed by atoms with Crippen LogP contribution >= 0.6 is 0 Å². The Bertz CT molecular complexity index is 1780. The van der Waals surface area contributed by atoms with Crippen LogP contribution in [0, 0.1) is 12.3 Å². The number of terminal acetylenes is 1. The largest absolute Gasteiger partial charge is 0.497 e. The highest BCUT2D eigenvalue weighted by Crippen LogP contribution is 2.44. The van der Waals surface area contributed by atoms with Gasteiger partial charge in [-0.3, -0.25) is 4.90 Å². The summed E-state index contributed by atoms with van der Waals surface area (Å²) < 4.78 is 28.8. The van der Waals surface area contributed by atoms with Crippen LogP contribution in [0.2, 0.25) is 0 Å². The van der Waals surface area contributed by atoms with Gasteiger partial charge in [0, 0.05) is 12.5 Å². The molecule has 4 aromatic carbocycles. The molecule has 1 amide bonds. The molecule has 1 aliphatic carbocycles. The molecule has 0 bridgehead atoms. The summed E-state index contributed by atoms with van der Waals surface area (Å²) in [6, 6.07) is 28.9. The summed E-state index contributed by atoms with van der Waals surface area (Å²) in [6.45, 7) is 0.727. The summed E-state index contributed by atoms with van der Waals surface area (Å²) in [7, 11) is 3.18. The van der Waals surface area contributed by atoms with E-state index in [1.54, 1.807) is 19.1 Å². The first-order valence-electron chi connectivity index (χ1n) is 16.7. The summed E-state index contributed by atoms with van der Waals surface area (Å²) in [6.07, 6.45) is 7.47. The molecule has 49 heavy (non-hydrogen) atoms. The normalized spacial score (nSPS) is 15.7. The van der Waals surface area contributed by atoms with E-state index in [1.165, 1.54) is 0 Å². The average molecular weight is 660 g/mol. The second-order valence-electron chi connectivity index (χ2n) is 12.2. The number of aryl methyl sites for hydroxylation is 1. The lowest BCUT2D eigenvalue weighted by molar-refractivity contribution is -0.157. The highest BCUT2D eigenvalue weighted by Gasteiger charge is 2.37. The fourth-order valence-electron chi connectivity index (χ4n) is 6.83. The van der Waals surface area contributed by atoms with Gasteiger partial charge >= 0.3 is 12.1 Å². The Hall–Kier alpha value is -5.42. The van der Waals surface area contributed by atoms with Crippen molar-refractivity contribution in [2.75, 3.05) is 34.0 Å². The van der Waals surface area contributed by atoms with Crippen molar-refractivity contribution in [3.63, 3.8) is 0 Å². The molecule has 6 rings (SSSR count). The van der Waals surface area contributed by atoms with Crippen LogP contribution in [0.25, 0.3) is 11.1 Å². The first kappa shape index (κ1) is 33.5. The number of piperidine rings is 1. The molecule has 252 valence electrons. The molecule has 1 fully saturated rings. The van der Waals surface area contributed by atoms with Crippen LogP contribution in [-0.4, -0.2) is 57.0 Å². The van der Waals surface area contributed by atoms with Gasteiger partial charge in [-0.15, -0.1) is 6.42 Å². The number of carbonyl (C=O) groups is 2. The summed E-state index contributed by atoms with van der Waals surface area (Å²) in [5, 5.41) is 0. The van der Waals surface area contributed by atoms with Crippen LogP contribution < -0.4 is 14.2 Å². The Morgan fingerprint density at radius 3 is 2.35 bits per heavy atom. The number of nitrogens with zero attached hydrogens (tertiary/aromatic N) is 1. The molecular weight excluding hydrogens is 618 g/mol. The summed E-state index contributed by atoms with van der Waals surface area (Å²) >= 11 is 0. The monoisotopic (exact) mass is 659 g/mol. The fraction of sp³-hybridized carbons (Fsp3) is 0.317. The van der Waals surface area contributed by atoms with Crippen molar-refractivity contribution in [3.05, 3.63) is 113 Å². The van der Waals surface area contributed by atoms with Crippen LogP contribution in [0.3, 0.4) is 0 Å². The number of hydrogen-bond donors (Lipinski definition) is 0. The minimum absolute atomic E-state index is 0.0700. The number of benzene rings is 4. The minimum Gasteiger partial charge on any atom is -0.497 e. The van der Waals surface area contributed by atoms with Crippen molar-refractivity contribution in [1.29, 1.82) is 0 Å². The van der Waals surface area contributed by atoms with Gasteiger partial charge in [0.05, 0.1) is 14.2 Å². The molecule has 1 heterocycles. The Morgan fingerprint density at radius 2 is 1.63 bits per heavy atom. The molecular formula is C41H41NO7. The van der Waals surface area contributed by atoms with Crippen LogP contribution in [0.5, 0.6) is 17.2 Å². The molecule has 1 aliphatic heterocycles. The van der Waals surface area contributed by atoms with Gasteiger partial charge < -0.3 is 23.7 Å². The van der Waals surface area contributed by atoms with Crippen molar-refractivity contribution in [2.24, 2.45) is 0 Å². The molecule has 8 heteroatoms. The third-order valence-electron chi connectivity index (χ3n) is 9.30. The second-order valence-corrected chi connectivity index (χ2v) is 12.2. The van der Waals surface area contributed by atoms with Gasteiger partial charge in [0.25, 0.3) is 0 Å². The van der Waals surface area contributed by atoms with Crippen LogP contribution in [0.15, 0.2) is 91.0 Å². The molecule has 8 nitrogen and oxygen atoms in total. The number of methoxy groups -OCH3 is 2. The van der Waals surface area contributed by atoms with Gasteiger partial charge in [0.15, 0.2) is 11.5 Å². The minimum atomic E-state index is -0.748. The first-order valence-corrected chi connectivity index (χ1v) is 16.7. The van der Waals surface area contributed by atoms with E-state index in [0.29, 0.717) is 43.1 Å². The number of hydrogen-bond acceptors (Lipinski definition) is 7. The van der Waals surface area contributed by atoms with Crippen molar-refractivity contribution in [1.82, 2.24) is 4.90 Å². The van der Waals surface area contributed by atoms with E-state index in [9.17, 15) is 9.59 Å². The van der Waals surface area contributed by atoms with Gasteiger partial charge in [0.1, 0.15) is 31.1 Å². The molecule has 0 N–H and O–H groups in total. The Kier molecular flexibility index (Phi) is 10.7. The van der Waals surface area contributed by atoms with E-state index >= 15 is 0 Å². The number of amides is 1. The Labute approximate surface area is 287 Å². The number of carbonyl (C=O) groups excluding carboxylic acids is 2. The number of esters is 1. The lowest BCUT2D eigenvalue weighted by Crippen LogP contribution is -2.49. The zero-order chi connectivity index (χ0) is 34.2. The highest BCUT2D eigenvalue weighted by molar-refractivity contribution is 5.82. The zero-order valence-electron chi connectivity index (χ0n) is 27.9. The second kappa shape index (κ2) is 15.7. The van der Waals surface area contributed by atoms with Gasteiger partial charge in [-0.05, 0) is 89.8 Å². The van der Waals surface area contributed by atoms with Crippen LogP contribution in [0.1, 0.15) is 60.0 Å². The third kappa shape index (κ3) is 7.52. The quantitative estimate of drug-likeness (QED) is 0.114. The number of ether oxygens (including phenoxy) is 5. The van der Waals surface area contributed by atoms with Gasteiger partial charge in [0.2, 0.25) is 0 Å². The zero-order valence-corrected chi connectivity index (χ0v) is 27.9. The first-order chi connectivity index (χ1) is 24.0. The maximum Gasteiger partial charge on any atom is 0.410 e. The lowest BCUT2D eigenvalue weighted by atomic mass is 9.98. The Morgan fingerprint density at radius 1 is 0.878 bits per heavy atom. The molecule has 1 saturated heterocycles. The van der Waals surface area contributed by atoms with Crippen molar-refractivity contribution < 1.29 is 33.3 Å². The molecule has 2 atom stereocenters. The van der Waals surface area contributed by atoms with E-state index in [-0.39, 0.29) is 19.1 Å². The number of fused-ring (bicyclic) bond motifs is 3. The van der Waals surface area contributed by atoms with E-state index < -0.39 is 24.2 Å². The SMILES string of the molecule is C#CCOc1cc(CCC(OC(=O)[C@@H]2CCCCN2C(=O)OCC2c3ccccc3-c3ccccc32)c2cccc(OC)c2)ccc1OC. The van der Waals surface area contributed by atoms with Crippen molar-refractivity contribution in [2.45, 2.75) is 50.2 Å². The summed E-state index contributed by atoms with van der Waals surface area (Å²) in [5.41, 5.74) is 6.36. The smallest absolute Gasteiger partial charge is 0.410 e. The molecule has 0 saturated carbocycles. The number of rotatable bonds is 12. The summed E-state index contributed by atoms with van der Waals surface area (Å²) in [5.74, 6) is 3.75. The summed E-state index contributed by atoms with van der Waals surface area (Å²) in [4.78, 5) is 29.1. The van der Waals surface area contributed by atoms with E-state index in [2.05, 4.69) is 30.2 Å². The predicted octanol–water partition coefficient (Wildman–Crippen LogP) is 7.74. The lowest BCUT2D eigenvalue weighted by Gasteiger charge is -2.34. The third-order valence-corrected chi connectivity index (χ3v) is 9.30. The highest BCUT2D eigenvalue weighted by atomic mass is 16.6. The molecule has 0 radical (unpaired) electrons. The van der Waals surface area contributed by atoms with Crippen LogP contribution in [0.4, 0.5) is 4.79 Å². The van der Waals surface area contributed by atoms with Crippen LogP contribution in [-0.2, 0) is 20.7 Å². The van der Waals surface area contributed by atoms with E-state index in [0.717, 1.165) is 46.2 Å². The van der Waals surface area contributed by atoms with E-state index in [1.807, 2.05) is 66.7 Å². The standard InChI is InChI=1S/C41H41NO7/c1-4-24-47-39-25-28(20-22-38(39)46-3)19-21-37(29-12-11-13-30(26-29)45-2)49-40(43)36-18-9-10-23-42(36)41(44)48-27-35-33-16-7-5-14-31(33)32-15-6-8-17-34(32)35/h1,5-8,11-17,20,22,25-26,35-37H,9-10,18-19,21,23-24,27H2,2-3H3/t36-,37?/m0/s1. The van der Waals surface area contributed by atoms with Crippen molar-refractivity contribution >= 4 is 12.1 Å². The van der Waals surface area contributed by atoms with Gasteiger partial charge in [-0.25, -0.2) is 9.59 Å². The molecule has 2 aliphatic rings. The topological polar surface area (TPSA) is 83.5 Å². The van der Waals surface area contributed by atoms with Gasteiger partial charge in [-0.2, -0.15) is 0 Å². The molecule has 0 spiro atoms. The maximum absolute atomic E-state index is 13.9. The van der Waals surface area contributed by atoms with E-state index in [4.69, 9.17) is 30.1 Å². The fourth-order valence-corrected chi connectivity index (χ4v) is 6.83. The predicted molar refractivity (Wildman–Crippen MR) is 187 cm³/mol. The molecule has 4 aromatic rings. The van der Waals surface area contributed by atoms with Crippen molar-refractivity contribution in [3.8, 4) is 40.7 Å². The molecule has 0 aromatic heterocycles.